The fraction of sp³-hybridized carbons (Fsp3) is 0.571. The third kappa shape index (κ3) is 3.32. The third-order valence-corrected chi connectivity index (χ3v) is 5.24. The number of nitrogen functional groups attached to an aromatic ring is 1. The quantitative estimate of drug-likeness (QED) is 0.884. The van der Waals surface area contributed by atoms with Crippen molar-refractivity contribution in [1.29, 1.82) is 5.26 Å². The maximum atomic E-state index is 8.80. The molecule has 19 heavy (non-hydrogen) atoms. The maximum absolute atomic E-state index is 8.80. The second-order valence-electron chi connectivity index (χ2n) is 5.07. The number of thioether (sulfide) groups is 1. The standard InChI is InChI=1S/C14H20N4S/c1-19-14(5-3-2-4-6-14)10-18-13-12(16)7-11(8-15)9-17-13/h7,9H,2-6,10,16H2,1H3,(H,17,18). The van der Waals surface area contributed by atoms with Crippen LogP contribution in [-0.4, -0.2) is 22.5 Å². The fourth-order valence-electron chi connectivity index (χ4n) is 2.58. The molecule has 1 aliphatic rings. The molecule has 0 amide bonds. The van der Waals surface area contributed by atoms with Crippen molar-refractivity contribution in [2.75, 3.05) is 23.9 Å². The summed E-state index contributed by atoms with van der Waals surface area (Å²) in [6.07, 6.45) is 10.2. The van der Waals surface area contributed by atoms with Gasteiger partial charge in [-0.15, -0.1) is 0 Å². The van der Waals surface area contributed by atoms with E-state index < -0.39 is 0 Å². The smallest absolute Gasteiger partial charge is 0.149 e. The molecule has 1 aliphatic carbocycles. The summed E-state index contributed by atoms with van der Waals surface area (Å²) in [6.45, 7) is 0.886. The topological polar surface area (TPSA) is 74.7 Å². The number of rotatable bonds is 4. The van der Waals surface area contributed by atoms with E-state index in [-0.39, 0.29) is 0 Å². The Bertz CT molecular complexity index is 475. The SMILES string of the molecule is CSC1(CNc2ncc(C#N)cc2N)CCCCC1. The molecule has 1 aromatic rings. The van der Waals surface area contributed by atoms with Crippen LogP contribution in [0.25, 0.3) is 0 Å². The van der Waals surface area contributed by atoms with Gasteiger partial charge in [-0.05, 0) is 25.2 Å². The number of nitrogens with zero attached hydrogens (tertiary/aromatic N) is 2. The van der Waals surface area contributed by atoms with E-state index in [2.05, 4.69) is 16.6 Å². The van der Waals surface area contributed by atoms with Crippen LogP contribution < -0.4 is 11.1 Å². The Morgan fingerprint density at radius 3 is 2.79 bits per heavy atom. The molecule has 102 valence electrons. The molecule has 0 aromatic carbocycles. The minimum Gasteiger partial charge on any atom is -0.396 e. The molecule has 0 unspecified atom stereocenters. The first kappa shape index (κ1) is 14.0. The van der Waals surface area contributed by atoms with Gasteiger partial charge in [0.15, 0.2) is 0 Å². The summed E-state index contributed by atoms with van der Waals surface area (Å²) < 4.78 is 0.306. The first-order chi connectivity index (χ1) is 9.19. The summed E-state index contributed by atoms with van der Waals surface area (Å²) in [5.74, 6) is 0.693. The van der Waals surface area contributed by atoms with Crippen LogP contribution in [0.4, 0.5) is 11.5 Å². The highest BCUT2D eigenvalue weighted by Crippen LogP contribution is 2.38. The number of nitriles is 1. The van der Waals surface area contributed by atoms with E-state index in [4.69, 9.17) is 11.0 Å². The molecule has 0 bridgehead atoms. The van der Waals surface area contributed by atoms with E-state index in [1.165, 1.54) is 32.1 Å². The lowest BCUT2D eigenvalue weighted by atomic mass is 9.88. The van der Waals surface area contributed by atoms with Crippen molar-refractivity contribution in [3.63, 3.8) is 0 Å². The summed E-state index contributed by atoms with van der Waals surface area (Å²) in [4.78, 5) is 4.23. The van der Waals surface area contributed by atoms with E-state index in [1.54, 1.807) is 12.3 Å². The first-order valence-corrected chi connectivity index (χ1v) is 7.86. The van der Waals surface area contributed by atoms with Crippen LogP contribution in [0.15, 0.2) is 12.3 Å². The molecule has 0 radical (unpaired) electrons. The van der Waals surface area contributed by atoms with Crippen molar-refractivity contribution in [2.45, 2.75) is 36.9 Å². The average molecular weight is 276 g/mol. The Balaban J connectivity index is 2.03. The molecular formula is C14H20N4S. The van der Waals surface area contributed by atoms with Gasteiger partial charge in [0, 0.05) is 17.5 Å². The van der Waals surface area contributed by atoms with Crippen LogP contribution in [0.2, 0.25) is 0 Å². The Hall–Kier alpha value is -1.41. The lowest BCUT2D eigenvalue weighted by Gasteiger charge is -2.36. The highest BCUT2D eigenvalue weighted by atomic mass is 32.2. The van der Waals surface area contributed by atoms with Gasteiger partial charge in [-0.3, -0.25) is 0 Å². The van der Waals surface area contributed by atoms with Crippen molar-refractivity contribution in [3.05, 3.63) is 17.8 Å². The van der Waals surface area contributed by atoms with Crippen LogP contribution in [0.3, 0.4) is 0 Å². The van der Waals surface area contributed by atoms with E-state index >= 15 is 0 Å². The molecule has 0 aliphatic heterocycles. The number of hydrogen-bond acceptors (Lipinski definition) is 5. The van der Waals surface area contributed by atoms with Gasteiger partial charge in [0.05, 0.1) is 11.3 Å². The van der Waals surface area contributed by atoms with Crippen LogP contribution in [0.1, 0.15) is 37.7 Å². The minimum atomic E-state index is 0.306. The van der Waals surface area contributed by atoms with Gasteiger partial charge in [-0.25, -0.2) is 4.98 Å². The molecule has 1 fully saturated rings. The number of nitrogens with two attached hydrogens (primary N) is 1. The van der Waals surface area contributed by atoms with E-state index in [0.29, 0.717) is 21.8 Å². The number of pyridine rings is 1. The zero-order chi connectivity index (χ0) is 13.7. The molecule has 2 rings (SSSR count). The normalized spacial score (nSPS) is 17.7. The molecule has 1 aromatic heterocycles. The molecular weight excluding hydrogens is 256 g/mol. The van der Waals surface area contributed by atoms with Crippen LogP contribution in [-0.2, 0) is 0 Å². The van der Waals surface area contributed by atoms with Crippen molar-refractivity contribution < 1.29 is 0 Å². The highest BCUT2D eigenvalue weighted by Gasteiger charge is 2.31. The third-order valence-electron chi connectivity index (χ3n) is 3.82. The Morgan fingerprint density at radius 2 is 2.21 bits per heavy atom. The van der Waals surface area contributed by atoms with Crippen LogP contribution in [0, 0.1) is 11.3 Å². The second-order valence-corrected chi connectivity index (χ2v) is 6.35. The zero-order valence-electron chi connectivity index (χ0n) is 11.3. The molecule has 1 saturated carbocycles. The highest BCUT2D eigenvalue weighted by molar-refractivity contribution is 8.00. The Labute approximate surface area is 118 Å². The largest absolute Gasteiger partial charge is 0.396 e. The summed E-state index contributed by atoms with van der Waals surface area (Å²) in [5, 5.41) is 12.2. The number of anilines is 2. The summed E-state index contributed by atoms with van der Waals surface area (Å²) >= 11 is 1.94. The van der Waals surface area contributed by atoms with Gasteiger partial charge < -0.3 is 11.1 Å². The van der Waals surface area contributed by atoms with Crippen molar-refractivity contribution in [1.82, 2.24) is 4.98 Å². The van der Waals surface area contributed by atoms with Crippen molar-refractivity contribution in [2.24, 2.45) is 0 Å². The van der Waals surface area contributed by atoms with Crippen LogP contribution >= 0.6 is 11.8 Å². The zero-order valence-corrected chi connectivity index (χ0v) is 12.1. The van der Waals surface area contributed by atoms with Crippen molar-refractivity contribution in [3.8, 4) is 6.07 Å². The van der Waals surface area contributed by atoms with Gasteiger partial charge in [-0.1, -0.05) is 19.3 Å². The molecule has 0 spiro atoms. The van der Waals surface area contributed by atoms with Gasteiger partial charge in [0.1, 0.15) is 11.9 Å². The second kappa shape index (κ2) is 6.16. The predicted octanol–water partition coefficient (Wildman–Crippen LogP) is 3.01. The average Bonchev–Trinajstić information content (AvgIpc) is 2.47. The summed E-state index contributed by atoms with van der Waals surface area (Å²) in [6, 6.07) is 3.71. The van der Waals surface area contributed by atoms with Gasteiger partial charge in [-0.2, -0.15) is 17.0 Å². The van der Waals surface area contributed by atoms with Gasteiger partial charge >= 0.3 is 0 Å². The van der Waals surface area contributed by atoms with Gasteiger partial charge in [0.25, 0.3) is 0 Å². The monoisotopic (exact) mass is 276 g/mol. The first-order valence-electron chi connectivity index (χ1n) is 6.64. The molecule has 4 nitrogen and oxygen atoms in total. The molecule has 3 N–H and O–H groups in total. The number of nitrogens with one attached hydrogen (secondary N) is 1. The lowest BCUT2D eigenvalue weighted by molar-refractivity contribution is 0.411. The Kier molecular flexibility index (Phi) is 4.54. The molecule has 1 heterocycles. The number of aromatic nitrogens is 1. The Morgan fingerprint density at radius 1 is 1.47 bits per heavy atom. The van der Waals surface area contributed by atoms with E-state index in [0.717, 1.165) is 6.54 Å². The van der Waals surface area contributed by atoms with Crippen LogP contribution in [0.5, 0.6) is 0 Å². The fourth-order valence-corrected chi connectivity index (χ4v) is 3.50. The van der Waals surface area contributed by atoms with Gasteiger partial charge in [0.2, 0.25) is 0 Å². The number of hydrogen-bond donors (Lipinski definition) is 2. The minimum absolute atomic E-state index is 0.306. The summed E-state index contributed by atoms with van der Waals surface area (Å²) in [5.41, 5.74) is 6.96. The lowest BCUT2D eigenvalue weighted by Crippen LogP contribution is -2.35. The summed E-state index contributed by atoms with van der Waals surface area (Å²) in [7, 11) is 0. The molecule has 0 saturated heterocycles. The van der Waals surface area contributed by atoms with E-state index in [1.807, 2.05) is 17.8 Å². The maximum Gasteiger partial charge on any atom is 0.149 e. The predicted molar refractivity (Wildman–Crippen MR) is 81.2 cm³/mol. The van der Waals surface area contributed by atoms with Crippen molar-refractivity contribution >= 4 is 23.3 Å². The molecule has 5 heteroatoms. The molecule has 0 atom stereocenters. The van der Waals surface area contributed by atoms with E-state index in [9.17, 15) is 0 Å².